The van der Waals surface area contributed by atoms with Crippen LogP contribution in [0.4, 0.5) is 11.4 Å². The molecule has 2 atom stereocenters. The zero-order valence-corrected chi connectivity index (χ0v) is 18.0. The predicted molar refractivity (Wildman–Crippen MR) is 119 cm³/mol. The van der Waals surface area contributed by atoms with Crippen molar-refractivity contribution in [1.29, 1.82) is 0 Å². The third-order valence-electron chi connectivity index (χ3n) is 7.35. The van der Waals surface area contributed by atoms with E-state index in [2.05, 4.69) is 40.4 Å². The molecule has 0 radical (unpaired) electrons. The lowest BCUT2D eigenvalue weighted by Crippen LogP contribution is -2.57. The van der Waals surface area contributed by atoms with Crippen LogP contribution in [0.15, 0.2) is 54.6 Å². The molecule has 6 rings (SSSR count). The van der Waals surface area contributed by atoms with Gasteiger partial charge in [-0.25, -0.2) is 8.42 Å². The summed E-state index contributed by atoms with van der Waals surface area (Å²) in [4.78, 5) is 13.6. The summed E-state index contributed by atoms with van der Waals surface area (Å²) in [5.74, 6) is 1.30. The molecule has 4 aliphatic rings. The van der Waals surface area contributed by atoms with Crippen molar-refractivity contribution in [2.45, 2.75) is 43.9 Å². The zero-order chi connectivity index (χ0) is 21.0. The van der Waals surface area contributed by atoms with Gasteiger partial charge in [-0.05, 0) is 79.5 Å². The van der Waals surface area contributed by atoms with Crippen LogP contribution in [-0.4, -0.2) is 20.6 Å². The largest absolute Gasteiger partial charge is 0.326 e. The van der Waals surface area contributed by atoms with Crippen molar-refractivity contribution in [2.75, 3.05) is 16.3 Å². The van der Waals surface area contributed by atoms with E-state index in [0.717, 1.165) is 25.5 Å². The molecule has 2 N–H and O–H groups in total. The fraction of sp³-hybridized carbons (Fsp3) is 0.458. The lowest BCUT2D eigenvalue weighted by molar-refractivity contribution is -0.143. The molecule has 0 spiro atoms. The minimum Gasteiger partial charge on any atom is -0.326 e. The van der Waals surface area contributed by atoms with Crippen molar-refractivity contribution < 1.29 is 13.2 Å². The number of amides is 1. The highest BCUT2D eigenvalue weighted by atomic mass is 32.2. The molecule has 0 aliphatic heterocycles. The second kappa shape index (κ2) is 6.84. The zero-order valence-electron chi connectivity index (χ0n) is 17.2. The molecular weight excluding hydrogens is 396 g/mol. The van der Waals surface area contributed by atoms with E-state index in [1.807, 2.05) is 6.07 Å². The summed E-state index contributed by atoms with van der Waals surface area (Å²) in [7, 11) is -3.36. The van der Waals surface area contributed by atoms with Gasteiger partial charge in [-0.1, -0.05) is 36.4 Å². The van der Waals surface area contributed by atoms with Gasteiger partial charge in [0.05, 0.1) is 17.4 Å². The van der Waals surface area contributed by atoms with Crippen LogP contribution in [0.25, 0.3) is 0 Å². The second-order valence-electron chi connectivity index (χ2n) is 9.80. The van der Waals surface area contributed by atoms with E-state index in [1.165, 1.54) is 24.8 Å². The summed E-state index contributed by atoms with van der Waals surface area (Å²) in [6.45, 7) is 0. The highest BCUT2D eigenvalue weighted by molar-refractivity contribution is 7.92. The molecular formula is C24H28N2O3S. The Kier molecular flexibility index (Phi) is 4.47. The molecule has 4 aliphatic carbocycles. The number of anilines is 2. The number of carbonyl (C=O) groups excluding carboxylic acids is 1. The highest BCUT2D eigenvalue weighted by Crippen LogP contribution is 2.65. The molecule has 6 heteroatoms. The van der Waals surface area contributed by atoms with Gasteiger partial charge in [0, 0.05) is 5.69 Å². The molecule has 4 saturated carbocycles. The standard InChI is InChI=1S/C24H28N2O3S/c1-30(28,29)26-21-9-5-8-20(11-21)25-22(27)24-14-17-10-18(15-24)13-23(12-17,16-24)19-6-3-2-4-7-19/h2-9,11,17-18,26H,10,12-16H2,1H3,(H,25,27). The van der Waals surface area contributed by atoms with Gasteiger partial charge in [-0.3, -0.25) is 9.52 Å². The Balaban J connectivity index is 1.42. The Hall–Kier alpha value is -2.34. The number of nitrogens with one attached hydrogen (secondary N) is 2. The minimum absolute atomic E-state index is 0.0911. The second-order valence-corrected chi connectivity index (χ2v) is 11.5. The third kappa shape index (κ3) is 3.51. The van der Waals surface area contributed by atoms with E-state index in [1.54, 1.807) is 18.2 Å². The molecule has 1 amide bonds. The quantitative estimate of drug-likeness (QED) is 0.740. The van der Waals surface area contributed by atoms with Crippen molar-refractivity contribution in [1.82, 2.24) is 0 Å². The van der Waals surface area contributed by atoms with Crippen LogP contribution in [0, 0.1) is 17.3 Å². The van der Waals surface area contributed by atoms with E-state index < -0.39 is 10.0 Å². The van der Waals surface area contributed by atoms with E-state index in [9.17, 15) is 13.2 Å². The fourth-order valence-corrected chi connectivity index (χ4v) is 7.35. The molecule has 30 heavy (non-hydrogen) atoms. The molecule has 0 saturated heterocycles. The topological polar surface area (TPSA) is 75.3 Å². The van der Waals surface area contributed by atoms with Gasteiger partial charge in [0.2, 0.25) is 15.9 Å². The van der Waals surface area contributed by atoms with Gasteiger partial charge >= 0.3 is 0 Å². The van der Waals surface area contributed by atoms with Gasteiger partial charge < -0.3 is 5.32 Å². The number of carbonyl (C=O) groups is 1. The molecule has 0 heterocycles. The van der Waals surface area contributed by atoms with Crippen LogP contribution >= 0.6 is 0 Å². The monoisotopic (exact) mass is 424 g/mol. The normalized spacial score (nSPS) is 32.0. The third-order valence-corrected chi connectivity index (χ3v) is 7.96. The number of hydrogen-bond acceptors (Lipinski definition) is 3. The van der Waals surface area contributed by atoms with E-state index in [4.69, 9.17) is 0 Å². The molecule has 2 aromatic carbocycles. The molecule has 2 aromatic rings. The molecule has 4 bridgehead atoms. The van der Waals surface area contributed by atoms with Crippen LogP contribution in [0.2, 0.25) is 0 Å². The SMILES string of the molecule is CS(=O)(=O)Nc1cccc(NC(=O)C23CC4CC(C2)CC(c2ccccc2)(C4)C3)c1. The fourth-order valence-electron chi connectivity index (χ4n) is 6.80. The van der Waals surface area contributed by atoms with Crippen molar-refractivity contribution in [3.05, 3.63) is 60.2 Å². The first kappa shape index (κ1) is 19.6. The lowest BCUT2D eigenvalue weighted by atomic mass is 9.42. The van der Waals surface area contributed by atoms with Crippen LogP contribution in [0.3, 0.4) is 0 Å². The maximum Gasteiger partial charge on any atom is 0.230 e. The van der Waals surface area contributed by atoms with E-state index >= 15 is 0 Å². The van der Waals surface area contributed by atoms with Gasteiger partial charge in [0.1, 0.15) is 0 Å². The molecule has 5 nitrogen and oxygen atoms in total. The summed E-state index contributed by atoms with van der Waals surface area (Å²) in [6.07, 6.45) is 7.58. The highest BCUT2D eigenvalue weighted by Gasteiger charge is 2.60. The number of benzene rings is 2. The summed E-state index contributed by atoms with van der Waals surface area (Å²) in [5.41, 5.74) is 2.26. The van der Waals surface area contributed by atoms with Crippen LogP contribution < -0.4 is 10.0 Å². The van der Waals surface area contributed by atoms with Gasteiger partial charge in [0.15, 0.2) is 0 Å². The minimum atomic E-state index is -3.36. The Bertz CT molecular complexity index is 1070. The Morgan fingerprint density at radius 1 is 0.933 bits per heavy atom. The van der Waals surface area contributed by atoms with Crippen LogP contribution in [0.1, 0.15) is 44.1 Å². The van der Waals surface area contributed by atoms with E-state index in [0.29, 0.717) is 23.2 Å². The number of rotatable bonds is 5. The van der Waals surface area contributed by atoms with Crippen molar-refractivity contribution >= 4 is 27.3 Å². The van der Waals surface area contributed by atoms with Crippen molar-refractivity contribution in [3.63, 3.8) is 0 Å². The first-order valence-corrected chi connectivity index (χ1v) is 12.6. The number of sulfonamides is 1. The average molecular weight is 425 g/mol. The number of hydrogen-bond donors (Lipinski definition) is 2. The Morgan fingerprint density at radius 3 is 2.27 bits per heavy atom. The molecule has 158 valence electrons. The smallest absolute Gasteiger partial charge is 0.230 e. The summed E-state index contributed by atoms with van der Waals surface area (Å²) in [6, 6.07) is 17.7. The van der Waals surface area contributed by atoms with Crippen molar-refractivity contribution in [2.24, 2.45) is 17.3 Å². The maximum absolute atomic E-state index is 13.6. The van der Waals surface area contributed by atoms with Gasteiger partial charge in [-0.15, -0.1) is 0 Å². The van der Waals surface area contributed by atoms with Crippen LogP contribution in [0.5, 0.6) is 0 Å². The van der Waals surface area contributed by atoms with Crippen molar-refractivity contribution in [3.8, 4) is 0 Å². The lowest BCUT2D eigenvalue weighted by Gasteiger charge is -2.61. The van der Waals surface area contributed by atoms with E-state index in [-0.39, 0.29) is 16.7 Å². The Labute approximate surface area is 178 Å². The first-order chi connectivity index (χ1) is 14.3. The first-order valence-electron chi connectivity index (χ1n) is 10.7. The summed E-state index contributed by atoms with van der Waals surface area (Å²) < 4.78 is 25.5. The Morgan fingerprint density at radius 2 is 1.60 bits per heavy atom. The molecule has 2 unspecified atom stereocenters. The summed E-state index contributed by atoms with van der Waals surface area (Å²) in [5, 5.41) is 3.12. The molecule has 0 aromatic heterocycles. The van der Waals surface area contributed by atoms with Crippen LogP contribution in [-0.2, 0) is 20.2 Å². The molecule has 4 fully saturated rings. The average Bonchev–Trinajstić information content (AvgIpc) is 2.67. The van der Waals surface area contributed by atoms with Gasteiger partial charge in [0.25, 0.3) is 0 Å². The summed E-state index contributed by atoms with van der Waals surface area (Å²) >= 11 is 0. The maximum atomic E-state index is 13.6. The van der Waals surface area contributed by atoms with Gasteiger partial charge in [-0.2, -0.15) is 0 Å². The predicted octanol–water partition coefficient (Wildman–Crippen LogP) is 4.53.